The van der Waals surface area contributed by atoms with Crippen molar-refractivity contribution in [3.05, 3.63) is 40.7 Å². The molecule has 0 saturated carbocycles. The van der Waals surface area contributed by atoms with E-state index in [4.69, 9.17) is 11.6 Å². The van der Waals surface area contributed by atoms with Crippen molar-refractivity contribution in [3.63, 3.8) is 0 Å². The highest BCUT2D eigenvalue weighted by Gasteiger charge is 2.48. The zero-order valence-corrected chi connectivity index (χ0v) is 17.0. The number of halogens is 3. The van der Waals surface area contributed by atoms with Crippen LogP contribution in [0.4, 0.5) is 14.6 Å². The molecule has 2 aromatic heterocycles. The molecule has 1 aliphatic rings. The lowest BCUT2D eigenvalue weighted by atomic mass is 9.96. The maximum atomic E-state index is 14.0. The van der Waals surface area contributed by atoms with E-state index in [2.05, 4.69) is 20.3 Å². The normalized spacial score (nSPS) is 19.3. The first kappa shape index (κ1) is 19.9. The minimum atomic E-state index is -3.22. The van der Waals surface area contributed by atoms with Crippen LogP contribution >= 0.6 is 11.6 Å². The third-order valence-electron chi connectivity index (χ3n) is 4.88. The minimum absolute atomic E-state index is 0.236. The number of hydrogen-bond donors (Lipinski definition) is 1. The summed E-state index contributed by atoms with van der Waals surface area (Å²) < 4.78 is 29.5. The zero-order valence-electron chi connectivity index (χ0n) is 16.3. The molecule has 1 atom stereocenters. The van der Waals surface area contributed by atoms with Gasteiger partial charge >= 0.3 is 0 Å². The third-order valence-corrected chi connectivity index (χ3v) is 5.24. The fourth-order valence-electron chi connectivity index (χ4n) is 3.22. The Balaban J connectivity index is 1.84. The summed E-state index contributed by atoms with van der Waals surface area (Å²) in [6.45, 7) is 5.27. The highest BCUT2D eigenvalue weighted by Crippen LogP contribution is 2.34. The van der Waals surface area contributed by atoms with Gasteiger partial charge in [-0.25, -0.2) is 23.4 Å². The van der Waals surface area contributed by atoms with Crippen LogP contribution in [0.5, 0.6) is 0 Å². The molecule has 29 heavy (non-hydrogen) atoms. The van der Waals surface area contributed by atoms with Gasteiger partial charge in [0.1, 0.15) is 11.9 Å². The summed E-state index contributed by atoms with van der Waals surface area (Å²) >= 11 is 6.26. The first-order chi connectivity index (χ1) is 13.6. The fourth-order valence-corrected chi connectivity index (χ4v) is 3.42. The molecule has 0 aliphatic carbocycles. The second-order valence-electron chi connectivity index (χ2n) is 8.29. The average molecular weight is 423 g/mol. The summed E-state index contributed by atoms with van der Waals surface area (Å²) in [5, 5.41) is 18.6. The maximum Gasteiger partial charge on any atom is 0.292 e. The Bertz CT molecular complexity index is 1060. The van der Waals surface area contributed by atoms with E-state index in [9.17, 15) is 13.9 Å². The molecule has 1 fully saturated rings. The summed E-state index contributed by atoms with van der Waals surface area (Å²) in [5.41, 5.74) is 1.16. The Hall–Kier alpha value is -2.39. The number of β-amino-alcohol motifs (C(OH)–C–C–N with tert-alkyl or cyclic N) is 1. The standard InChI is InChI=1S/C19H21ClF2N6O/c1-18(2,3)17-23-15(27-9-13(29)19(21,22)10-27)14-16(24-17)28(26-25-14)8-11-6-4-5-7-12(11)20/h4-7,13,29H,8-10H2,1-3H3. The van der Waals surface area contributed by atoms with Crippen molar-refractivity contribution in [2.75, 3.05) is 18.0 Å². The van der Waals surface area contributed by atoms with E-state index in [0.29, 0.717) is 28.6 Å². The van der Waals surface area contributed by atoms with Gasteiger partial charge in [0.25, 0.3) is 5.92 Å². The van der Waals surface area contributed by atoms with Crippen LogP contribution in [0.15, 0.2) is 24.3 Å². The number of hydrogen-bond acceptors (Lipinski definition) is 6. The number of rotatable bonds is 3. The van der Waals surface area contributed by atoms with Crippen LogP contribution in [0.2, 0.25) is 5.02 Å². The summed E-state index contributed by atoms with van der Waals surface area (Å²) in [5.74, 6) is -2.49. The number of nitrogens with zero attached hydrogens (tertiary/aromatic N) is 6. The molecule has 0 spiro atoms. The first-order valence-corrected chi connectivity index (χ1v) is 9.60. The van der Waals surface area contributed by atoms with Gasteiger partial charge in [0.05, 0.1) is 19.6 Å². The lowest BCUT2D eigenvalue weighted by Gasteiger charge is -2.21. The second kappa shape index (κ2) is 6.84. The Morgan fingerprint density at radius 3 is 2.59 bits per heavy atom. The van der Waals surface area contributed by atoms with Crippen LogP contribution in [-0.4, -0.2) is 55.2 Å². The zero-order chi connectivity index (χ0) is 21.0. The first-order valence-electron chi connectivity index (χ1n) is 9.22. The number of anilines is 1. The summed E-state index contributed by atoms with van der Waals surface area (Å²) in [7, 11) is 0. The Kier molecular flexibility index (Phi) is 4.70. The molecule has 7 nitrogen and oxygen atoms in total. The van der Waals surface area contributed by atoms with E-state index < -0.39 is 24.0 Å². The van der Waals surface area contributed by atoms with Crippen molar-refractivity contribution < 1.29 is 13.9 Å². The van der Waals surface area contributed by atoms with Crippen molar-refractivity contribution in [2.45, 2.75) is 44.8 Å². The molecule has 0 bridgehead atoms. The summed E-state index contributed by atoms with van der Waals surface area (Å²) in [4.78, 5) is 10.5. The van der Waals surface area contributed by atoms with Crippen LogP contribution in [0.1, 0.15) is 32.2 Å². The van der Waals surface area contributed by atoms with Crippen LogP contribution in [-0.2, 0) is 12.0 Å². The average Bonchev–Trinajstić information content (AvgIpc) is 3.16. The topological polar surface area (TPSA) is 80.0 Å². The van der Waals surface area contributed by atoms with Gasteiger partial charge in [-0.3, -0.25) is 0 Å². The number of fused-ring (bicyclic) bond motifs is 1. The van der Waals surface area contributed by atoms with Crippen molar-refractivity contribution in [2.24, 2.45) is 0 Å². The monoisotopic (exact) mass is 422 g/mol. The third kappa shape index (κ3) is 3.64. The predicted octanol–water partition coefficient (Wildman–Crippen LogP) is 3.04. The SMILES string of the molecule is CC(C)(C)c1nc(N2CC(O)C(F)(F)C2)c2nnn(Cc3ccccc3Cl)c2n1. The van der Waals surface area contributed by atoms with Crippen LogP contribution < -0.4 is 4.90 Å². The number of aliphatic hydroxyl groups is 1. The Labute approximate surface area is 171 Å². The van der Waals surface area contributed by atoms with Crippen LogP contribution in [0.25, 0.3) is 11.2 Å². The molecule has 10 heteroatoms. The van der Waals surface area contributed by atoms with Gasteiger partial charge in [-0.1, -0.05) is 55.8 Å². The van der Waals surface area contributed by atoms with E-state index in [1.54, 1.807) is 10.7 Å². The summed E-state index contributed by atoms with van der Waals surface area (Å²) in [6, 6.07) is 7.36. The molecule has 1 aromatic carbocycles. The molecule has 3 aromatic rings. The van der Waals surface area contributed by atoms with Gasteiger partial charge in [-0.15, -0.1) is 5.10 Å². The highest BCUT2D eigenvalue weighted by atomic mass is 35.5. The molecule has 1 unspecified atom stereocenters. The maximum absolute atomic E-state index is 14.0. The van der Waals surface area contributed by atoms with Gasteiger partial charge in [-0.05, 0) is 11.6 Å². The fraction of sp³-hybridized carbons (Fsp3) is 0.474. The van der Waals surface area contributed by atoms with Gasteiger partial charge < -0.3 is 10.0 Å². The van der Waals surface area contributed by atoms with Crippen molar-refractivity contribution in [3.8, 4) is 0 Å². The molecule has 1 aliphatic heterocycles. The molecular weight excluding hydrogens is 402 g/mol. The smallest absolute Gasteiger partial charge is 0.292 e. The van der Waals surface area contributed by atoms with Crippen molar-refractivity contribution >= 4 is 28.6 Å². The van der Waals surface area contributed by atoms with Crippen molar-refractivity contribution in [1.82, 2.24) is 25.0 Å². The van der Waals surface area contributed by atoms with E-state index in [1.807, 2.05) is 39.0 Å². The van der Waals surface area contributed by atoms with Gasteiger partial charge in [0.2, 0.25) is 0 Å². The van der Waals surface area contributed by atoms with Crippen molar-refractivity contribution in [1.29, 1.82) is 0 Å². The number of aromatic nitrogens is 5. The number of aliphatic hydroxyl groups excluding tert-OH is 1. The lowest BCUT2D eigenvalue weighted by molar-refractivity contribution is -0.0712. The molecule has 0 amide bonds. The van der Waals surface area contributed by atoms with E-state index >= 15 is 0 Å². The summed E-state index contributed by atoms with van der Waals surface area (Å²) in [6.07, 6.45) is -1.76. The van der Waals surface area contributed by atoms with Crippen LogP contribution in [0, 0.1) is 0 Å². The van der Waals surface area contributed by atoms with Crippen LogP contribution in [0.3, 0.4) is 0 Å². The number of benzene rings is 1. The Morgan fingerprint density at radius 2 is 1.97 bits per heavy atom. The molecule has 1 N–H and O–H groups in total. The molecular formula is C19H21ClF2N6O. The number of alkyl halides is 2. The van der Waals surface area contributed by atoms with Gasteiger partial charge in [0, 0.05) is 10.4 Å². The van der Waals surface area contributed by atoms with E-state index in [1.165, 1.54) is 4.90 Å². The van der Waals surface area contributed by atoms with Gasteiger partial charge in [-0.2, -0.15) is 0 Å². The second-order valence-corrected chi connectivity index (χ2v) is 8.70. The quantitative estimate of drug-likeness (QED) is 0.698. The molecule has 4 rings (SSSR count). The minimum Gasteiger partial charge on any atom is -0.385 e. The lowest BCUT2D eigenvalue weighted by Crippen LogP contribution is -2.31. The van der Waals surface area contributed by atoms with E-state index in [0.717, 1.165) is 5.56 Å². The molecule has 1 saturated heterocycles. The largest absolute Gasteiger partial charge is 0.385 e. The molecule has 154 valence electrons. The molecule has 3 heterocycles. The predicted molar refractivity (Wildman–Crippen MR) is 106 cm³/mol. The van der Waals surface area contributed by atoms with E-state index in [-0.39, 0.29) is 12.4 Å². The Morgan fingerprint density at radius 1 is 1.24 bits per heavy atom. The highest BCUT2D eigenvalue weighted by molar-refractivity contribution is 6.31. The molecule has 0 radical (unpaired) electrons. The van der Waals surface area contributed by atoms with Gasteiger partial charge in [0.15, 0.2) is 17.0 Å².